The predicted octanol–water partition coefficient (Wildman–Crippen LogP) is 1.99. The van der Waals surface area contributed by atoms with Crippen LogP contribution in [-0.2, 0) is 16.6 Å². The molecule has 7 heteroatoms. The Morgan fingerprint density at radius 3 is 2.50 bits per heavy atom. The Kier molecular flexibility index (Phi) is 4.89. The summed E-state index contributed by atoms with van der Waals surface area (Å²) in [7, 11) is -3.76. The minimum absolute atomic E-state index is 0.0247. The van der Waals surface area contributed by atoms with Crippen molar-refractivity contribution >= 4 is 16.0 Å². The van der Waals surface area contributed by atoms with Crippen LogP contribution in [0, 0.1) is 0 Å². The zero-order chi connectivity index (χ0) is 16.2. The second-order valence-electron chi connectivity index (χ2n) is 4.62. The molecular formula is C15H16N2O4S. The molecule has 2 aromatic rings. The first-order chi connectivity index (χ1) is 10.4. The van der Waals surface area contributed by atoms with Gasteiger partial charge in [0.1, 0.15) is 0 Å². The van der Waals surface area contributed by atoms with Crippen LogP contribution < -0.4 is 0 Å². The third-order valence-electron chi connectivity index (χ3n) is 3.18. The second-order valence-corrected chi connectivity index (χ2v) is 6.56. The van der Waals surface area contributed by atoms with Crippen molar-refractivity contribution in [2.45, 2.75) is 18.4 Å². The van der Waals surface area contributed by atoms with Crippen LogP contribution in [0.1, 0.15) is 22.8 Å². The van der Waals surface area contributed by atoms with Crippen LogP contribution in [0.3, 0.4) is 0 Å². The average Bonchev–Trinajstić information content (AvgIpc) is 2.53. The third-order valence-corrected chi connectivity index (χ3v) is 5.10. The maximum absolute atomic E-state index is 12.7. The van der Waals surface area contributed by atoms with Gasteiger partial charge in [0.15, 0.2) is 0 Å². The lowest BCUT2D eigenvalue weighted by Crippen LogP contribution is -2.30. The molecule has 0 aliphatic carbocycles. The highest BCUT2D eigenvalue weighted by atomic mass is 32.2. The van der Waals surface area contributed by atoms with Crippen molar-refractivity contribution in [2.24, 2.45) is 0 Å². The first-order valence-electron chi connectivity index (χ1n) is 6.67. The Hall–Kier alpha value is -2.25. The second kappa shape index (κ2) is 6.67. The van der Waals surface area contributed by atoms with Crippen LogP contribution in [0.15, 0.2) is 53.7 Å². The topological polar surface area (TPSA) is 87.6 Å². The maximum atomic E-state index is 12.7. The molecule has 0 aliphatic rings. The van der Waals surface area contributed by atoms with Gasteiger partial charge < -0.3 is 5.11 Å². The van der Waals surface area contributed by atoms with Gasteiger partial charge in [-0.25, -0.2) is 13.2 Å². The van der Waals surface area contributed by atoms with E-state index >= 15 is 0 Å². The molecule has 0 aliphatic heterocycles. The molecule has 0 spiro atoms. The molecule has 2 rings (SSSR count). The van der Waals surface area contributed by atoms with E-state index in [2.05, 4.69) is 4.98 Å². The van der Waals surface area contributed by atoms with Crippen LogP contribution in [-0.4, -0.2) is 35.3 Å². The van der Waals surface area contributed by atoms with Gasteiger partial charge in [-0.05, 0) is 35.9 Å². The molecule has 0 atom stereocenters. The lowest BCUT2D eigenvalue weighted by atomic mass is 10.2. The zero-order valence-electron chi connectivity index (χ0n) is 12.0. The van der Waals surface area contributed by atoms with Gasteiger partial charge in [0.05, 0.1) is 10.5 Å². The van der Waals surface area contributed by atoms with E-state index in [1.165, 1.54) is 28.6 Å². The van der Waals surface area contributed by atoms with Crippen molar-refractivity contribution in [1.29, 1.82) is 0 Å². The summed E-state index contributed by atoms with van der Waals surface area (Å²) in [5, 5.41) is 8.99. The van der Waals surface area contributed by atoms with Crippen LogP contribution in [0.25, 0.3) is 0 Å². The minimum Gasteiger partial charge on any atom is -0.478 e. The molecule has 0 fully saturated rings. The lowest BCUT2D eigenvalue weighted by Gasteiger charge is -2.20. The van der Waals surface area contributed by atoms with E-state index in [4.69, 9.17) is 5.11 Å². The molecule has 1 N–H and O–H groups in total. The number of carbonyl (C=O) groups is 1. The maximum Gasteiger partial charge on any atom is 0.335 e. The van der Waals surface area contributed by atoms with Gasteiger partial charge >= 0.3 is 5.97 Å². The zero-order valence-corrected chi connectivity index (χ0v) is 12.8. The summed E-state index contributed by atoms with van der Waals surface area (Å²) < 4.78 is 26.6. The van der Waals surface area contributed by atoms with E-state index < -0.39 is 16.0 Å². The highest BCUT2D eigenvalue weighted by Gasteiger charge is 2.24. The molecule has 1 aromatic carbocycles. The number of rotatable bonds is 6. The van der Waals surface area contributed by atoms with Gasteiger partial charge in [-0.15, -0.1) is 0 Å². The third kappa shape index (κ3) is 3.49. The summed E-state index contributed by atoms with van der Waals surface area (Å²) >= 11 is 0. The van der Waals surface area contributed by atoms with E-state index in [1.807, 2.05) is 0 Å². The molecule has 116 valence electrons. The molecule has 0 saturated carbocycles. The lowest BCUT2D eigenvalue weighted by molar-refractivity contribution is 0.0696. The highest BCUT2D eigenvalue weighted by molar-refractivity contribution is 7.89. The molecule has 0 unspecified atom stereocenters. The Morgan fingerprint density at radius 1 is 1.23 bits per heavy atom. The fourth-order valence-corrected chi connectivity index (χ4v) is 3.48. The molecule has 22 heavy (non-hydrogen) atoms. The SMILES string of the molecule is CCN(Cc1ccncc1)S(=O)(=O)c1cccc(C(=O)O)c1. The van der Waals surface area contributed by atoms with Gasteiger partial charge in [0.2, 0.25) is 10.0 Å². The molecule has 1 aromatic heterocycles. The Balaban J connectivity index is 2.34. The number of carboxylic acids is 1. The summed E-state index contributed by atoms with van der Waals surface area (Å²) in [5.41, 5.74) is 0.760. The number of sulfonamides is 1. The van der Waals surface area contributed by atoms with Crippen molar-refractivity contribution in [2.75, 3.05) is 6.54 Å². The molecule has 0 bridgehead atoms. The van der Waals surface area contributed by atoms with Crippen LogP contribution in [0.2, 0.25) is 0 Å². The summed E-state index contributed by atoms with van der Waals surface area (Å²) in [6.07, 6.45) is 3.20. The first-order valence-corrected chi connectivity index (χ1v) is 8.11. The van der Waals surface area contributed by atoms with E-state index in [9.17, 15) is 13.2 Å². The Morgan fingerprint density at radius 2 is 1.91 bits per heavy atom. The van der Waals surface area contributed by atoms with Crippen LogP contribution in [0.4, 0.5) is 0 Å². The summed E-state index contributed by atoms with van der Waals surface area (Å²) in [4.78, 5) is 14.9. The van der Waals surface area contributed by atoms with E-state index in [0.717, 1.165) is 5.56 Å². The summed E-state index contributed by atoms with van der Waals surface area (Å²) in [6, 6.07) is 8.85. The van der Waals surface area contributed by atoms with Crippen LogP contribution >= 0.6 is 0 Å². The van der Waals surface area contributed by atoms with Crippen molar-refractivity contribution < 1.29 is 18.3 Å². The summed E-state index contributed by atoms with van der Waals surface area (Å²) in [5.74, 6) is -1.16. The van der Waals surface area contributed by atoms with Crippen molar-refractivity contribution in [3.8, 4) is 0 Å². The fraction of sp³-hybridized carbons (Fsp3) is 0.200. The van der Waals surface area contributed by atoms with Gasteiger partial charge in [0, 0.05) is 25.5 Å². The van der Waals surface area contributed by atoms with E-state index in [-0.39, 0.29) is 23.5 Å². The molecule has 0 amide bonds. The number of aromatic nitrogens is 1. The van der Waals surface area contributed by atoms with Crippen molar-refractivity contribution in [3.05, 3.63) is 59.9 Å². The number of carboxylic acid groups (broad SMARTS) is 1. The molecule has 0 radical (unpaired) electrons. The number of hydrogen-bond acceptors (Lipinski definition) is 4. The molecular weight excluding hydrogens is 304 g/mol. The quantitative estimate of drug-likeness (QED) is 0.879. The van der Waals surface area contributed by atoms with Crippen molar-refractivity contribution in [3.63, 3.8) is 0 Å². The first kappa shape index (κ1) is 16.1. The summed E-state index contributed by atoms with van der Waals surface area (Å²) in [6.45, 7) is 2.22. The fourth-order valence-electron chi connectivity index (χ4n) is 2.00. The van der Waals surface area contributed by atoms with Gasteiger partial charge in [-0.3, -0.25) is 4.98 Å². The minimum atomic E-state index is -3.76. The highest BCUT2D eigenvalue weighted by Crippen LogP contribution is 2.19. The van der Waals surface area contributed by atoms with Crippen LogP contribution in [0.5, 0.6) is 0 Å². The number of aromatic carboxylic acids is 1. The van der Waals surface area contributed by atoms with E-state index in [1.54, 1.807) is 31.5 Å². The Bertz CT molecular complexity index is 760. The average molecular weight is 320 g/mol. The number of nitrogens with zero attached hydrogens (tertiary/aromatic N) is 2. The number of hydrogen-bond donors (Lipinski definition) is 1. The smallest absolute Gasteiger partial charge is 0.335 e. The molecule has 0 saturated heterocycles. The van der Waals surface area contributed by atoms with Gasteiger partial charge in [-0.1, -0.05) is 13.0 Å². The largest absolute Gasteiger partial charge is 0.478 e. The molecule has 1 heterocycles. The van der Waals surface area contributed by atoms with Gasteiger partial charge in [0.25, 0.3) is 0 Å². The standard InChI is InChI=1S/C15H16N2O4S/c1-2-17(11-12-6-8-16-9-7-12)22(20,21)14-5-3-4-13(10-14)15(18)19/h3-10H,2,11H2,1H3,(H,18,19). The predicted molar refractivity (Wildman–Crippen MR) is 80.9 cm³/mol. The monoisotopic (exact) mass is 320 g/mol. The normalized spacial score (nSPS) is 11.5. The van der Waals surface area contributed by atoms with E-state index in [0.29, 0.717) is 0 Å². The van der Waals surface area contributed by atoms with Gasteiger partial charge in [-0.2, -0.15) is 4.31 Å². The number of benzene rings is 1. The number of pyridine rings is 1. The Labute approximate surface area is 129 Å². The van der Waals surface area contributed by atoms with Crippen molar-refractivity contribution in [1.82, 2.24) is 9.29 Å². The molecule has 6 nitrogen and oxygen atoms in total.